The Morgan fingerprint density at radius 2 is 2.13 bits per heavy atom. The van der Waals surface area contributed by atoms with Crippen LogP contribution in [-0.4, -0.2) is 5.78 Å². The molecule has 0 aromatic heterocycles. The molecule has 1 radical (unpaired) electrons. The molecule has 0 aliphatic heterocycles. The van der Waals surface area contributed by atoms with Gasteiger partial charge in [0.15, 0.2) is 5.78 Å². The molecule has 0 heterocycles. The second kappa shape index (κ2) is 3.85. The lowest BCUT2D eigenvalue weighted by Crippen LogP contribution is -1.97. The molecule has 15 heavy (non-hydrogen) atoms. The SMILES string of the molecule is C=C[CH]c1cc(C(C)=O)ccc1C1C=C1. The minimum absolute atomic E-state index is 0.101. The van der Waals surface area contributed by atoms with Crippen LogP contribution in [0.5, 0.6) is 0 Å². The van der Waals surface area contributed by atoms with E-state index >= 15 is 0 Å². The van der Waals surface area contributed by atoms with E-state index < -0.39 is 0 Å². The third kappa shape index (κ3) is 2.07. The highest BCUT2D eigenvalue weighted by Gasteiger charge is 2.17. The molecule has 1 aromatic carbocycles. The minimum atomic E-state index is 0.101. The number of carbonyl (C=O) groups excluding carboxylic acids is 1. The van der Waals surface area contributed by atoms with Gasteiger partial charge < -0.3 is 0 Å². The normalized spacial score (nSPS) is 13.9. The molecule has 2 rings (SSSR count). The first-order chi connectivity index (χ1) is 7.22. The van der Waals surface area contributed by atoms with Crippen LogP contribution in [0.4, 0.5) is 0 Å². The Balaban J connectivity index is 2.38. The molecule has 0 unspecified atom stereocenters. The fourth-order valence-electron chi connectivity index (χ4n) is 1.63. The van der Waals surface area contributed by atoms with Gasteiger partial charge in [-0.05, 0) is 24.1 Å². The van der Waals surface area contributed by atoms with Crippen LogP contribution in [0.1, 0.15) is 34.3 Å². The van der Waals surface area contributed by atoms with E-state index in [-0.39, 0.29) is 5.78 Å². The van der Waals surface area contributed by atoms with Gasteiger partial charge in [-0.15, -0.1) is 6.58 Å². The van der Waals surface area contributed by atoms with Crippen LogP contribution in [0.15, 0.2) is 43.0 Å². The average Bonchev–Trinajstić information content (AvgIpc) is 3.01. The van der Waals surface area contributed by atoms with Crippen molar-refractivity contribution in [2.45, 2.75) is 12.8 Å². The monoisotopic (exact) mass is 197 g/mol. The molecule has 75 valence electrons. The first-order valence-corrected chi connectivity index (χ1v) is 5.01. The molecular formula is C14H13O. The minimum Gasteiger partial charge on any atom is -0.295 e. The van der Waals surface area contributed by atoms with Gasteiger partial charge in [-0.25, -0.2) is 0 Å². The molecule has 0 bridgehead atoms. The molecule has 0 spiro atoms. The van der Waals surface area contributed by atoms with Crippen LogP contribution in [0, 0.1) is 6.42 Å². The largest absolute Gasteiger partial charge is 0.295 e. The van der Waals surface area contributed by atoms with Gasteiger partial charge in [0.1, 0.15) is 0 Å². The summed E-state index contributed by atoms with van der Waals surface area (Å²) >= 11 is 0. The highest BCUT2D eigenvalue weighted by Crippen LogP contribution is 2.33. The Hall–Kier alpha value is -1.63. The molecule has 0 atom stereocenters. The summed E-state index contributed by atoms with van der Waals surface area (Å²) in [5.74, 6) is 0.557. The number of allylic oxidation sites excluding steroid dienone is 3. The molecule has 0 saturated heterocycles. The maximum Gasteiger partial charge on any atom is 0.159 e. The Morgan fingerprint density at radius 1 is 1.40 bits per heavy atom. The van der Waals surface area contributed by atoms with Gasteiger partial charge >= 0.3 is 0 Å². The lowest BCUT2D eigenvalue weighted by molar-refractivity contribution is 0.101. The van der Waals surface area contributed by atoms with E-state index in [1.165, 1.54) is 5.56 Å². The molecule has 1 nitrogen and oxygen atoms in total. The maximum atomic E-state index is 11.2. The number of carbonyl (C=O) groups is 1. The summed E-state index contributed by atoms with van der Waals surface area (Å²) < 4.78 is 0. The summed E-state index contributed by atoms with van der Waals surface area (Å²) in [7, 11) is 0. The molecule has 1 aliphatic rings. The van der Waals surface area contributed by atoms with Gasteiger partial charge in [0.25, 0.3) is 0 Å². The van der Waals surface area contributed by atoms with Crippen LogP contribution in [0.25, 0.3) is 0 Å². The lowest BCUT2D eigenvalue weighted by atomic mass is 9.96. The van der Waals surface area contributed by atoms with Gasteiger partial charge in [0.05, 0.1) is 0 Å². The Kier molecular flexibility index (Phi) is 2.55. The Bertz CT molecular complexity index is 435. The first-order valence-electron chi connectivity index (χ1n) is 5.01. The van der Waals surface area contributed by atoms with E-state index in [9.17, 15) is 4.79 Å². The number of hydrogen-bond acceptors (Lipinski definition) is 1. The average molecular weight is 197 g/mol. The van der Waals surface area contributed by atoms with Crippen molar-refractivity contribution in [1.29, 1.82) is 0 Å². The summed E-state index contributed by atoms with van der Waals surface area (Å²) in [6.07, 6.45) is 7.99. The summed E-state index contributed by atoms with van der Waals surface area (Å²) in [4.78, 5) is 11.2. The van der Waals surface area contributed by atoms with Gasteiger partial charge in [-0.1, -0.05) is 30.4 Å². The molecular weight excluding hydrogens is 184 g/mol. The zero-order valence-corrected chi connectivity index (χ0v) is 8.73. The van der Waals surface area contributed by atoms with Crippen molar-refractivity contribution in [2.75, 3.05) is 0 Å². The summed E-state index contributed by atoms with van der Waals surface area (Å²) in [5.41, 5.74) is 3.10. The van der Waals surface area contributed by atoms with Crippen molar-refractivity contribution in [2.24, 2.45) is 0 Å². The number of hydrogen-bond donors (Lipinski definition) is 0. The highest BCUT2D eigenvalue weighted by atomic mass is 16.1. The van der Waals surface area contributed by atoms with Crippen molar-refractivity contribution in [3.8, 4) is 0 Å². The van der Waals surface area contributed by atoms with Crippen molar-refractivity contribution in [3.05, 3.63) is 66.1 Å². The number of benzene rings is 1. The third-order valence-corrected chi connectivity index (χ3v) is 2.53. The van der Waals surface area contributed by atoms with Crippen LogP contribution in [0.3, 0.4) is 0 Å². The quantitative estimate of drug-likeness (QED) is 0.534. The fourth-order valence-corrected chi connectivity index (χ4v) is 1.63. The fraction of sp³-hybridized carbons (Fsp3) is 0.143. The maximum absolute atomic E-state index is 11.2. The van der Waals surface area contributed by atoms with Crippen molar-refractivity contribution in [3.63, 3.8) is 0 Å². The molecule has 0 saturated carbocycles. The van der Waals surface area contributed by atoms with Gasteiger partial charge in [-0.2, -0.15) is 0 Å². The Morgan fingerprint density at radius 3 is 2.67 bits per heavy atom. The smallest absolute Gasteiger partial charge is 0.159 e. The van der Waals surface area contributed by atoms with E-state index in [1.54, 1.807) is 13.0 Å². The van der Waals surface area contributed by atoms with E-state index in [0.717, 1.165) is 11.1 Å². The van der Waals surface area contributed by atoms with E-state index in [0.29, 0.717) is 5.92 Å². The topological polar surface area (TPSA) is 17.1 Å². The zero-order valence-electron chi connectivity index (χ0n) is 8.73. The molecule has 0 fully saturated rings. The molecule has 1 aromatic rings. The van der Waals surface area contributed by atoms with Crippen LogP contribution in [-0.2, 0) is 0 Å². The third-order valence-electron chi connectivity index (χ3n) is 2.53. The number of Topliss-reactive ketones (excluding diaryl/α,β-unsaturated/α-hetero) is 1. The van der Waals surface area contributed by atoms with Gasteiger partial charge in [-0.3, -0.25) is 4.79 Å². The predicted molar refractivity (Wildman–Crippen MR) is 61.9 cm³/mol. The molecule has 1 aliphatic carbocycles. The van der Waals surface area contributed by atoms with Gasteiger partial charge in [0.2, 0.25) is 0 Å². The summed E-state index contributed by atoms with van der Waals surface area (Å²) in [6.45, 7) is 5.28. The van der Waals surface area contributed by atoms with Crippen molar-refractivity contribution in [1.82, 2.24) is 0 Å². The van der Waals surface area contributed by atoms with E-state index in [1.807, 2.05) is 24.6 Å². The zero-order chi connectivity index (χ0) is 10.8. The van der Waals surface area contributed by atoms with Gasteiger partial charge in [0, 0.05) is 17.9 Å². The molecule has 1 heteroatoms. The predicted octanol–water partition coefficient (Wildman–Crippen LogP) is 3.28. The molecule has 0 N–H and O–H groups in total. The highest BCUT2D eigenvalue weighted by molar-refractivity contribution is 5.94. The standard InChI is InChI=1S/C14H13O/c1-3-4-13-9-12(10(2)15)7-8-14(13)11-5-6-11/h3-9,11H,1H2,2H3. The molecule has 0 amide bonds. The van der Waals surface area contributed by atoms with E-state index in [4.69, 9.17) is 0 Å². The summed E-state index contributed by atoms with van der Waals surface area (Å²) in [6, 6.07) is 5.84. The van der Waals surface area contributed by atoms with Crippen molar-refractivity contribution >= 4 is 5.78 Å². The van der Waals surface area contributed by atoms with Crippen molar-refractivity contribution < 1.29 is 4.79 Å². The number of rotatable bonds is 4. The Labute approximate surface area is 90.1 Å². The second-order valence-corrected chi connectivity index (χ2v) is 3.71. The first kappa shape index (κ1) is 9.91. The lowest BCUT2D eigenvalue weighted by Gasteiger charge is -2.08. The second-order valence-electron chi connectivity index (χ2n) is 3.71. The number of ketones is 1. The van der Waals surface area contributed by atoms with Crippen LogP contribution in [0.2, 0.25) is 0 Å². The van der Waals surface area contributed by atoms with E-state index in [2.05, 4.69) is 18.7 Å². The van der Waals surface area contributed by atoms with Crippen LogP contribution >= 0.6 is 0 Å². The van der Waals surface area contributed by atoms with Crippen LogP contribution < -0.4 is 0 Å². The summed E-state index contributed by atoms with van der Waals surface area (Å²) in [5, 5.41) is 0.